The molecular weight excluding hydrogens is 223 g/mol. The highest BCUT2D eigenvalue weighted by molar-refractivity contribution is 6.06. The molecule has 0 radical (unpaired) electrons. The van der Waals surface area contributed by atoms with Crippen molar-refractivity contribution >= 4 is 17.7 Å². The third-order valence-corrected chi connectivity index (χ3v) is 3.57. The molecule has 0 aliphatic carbocycles. The van der Waals surface area contributed by atoms with Crippen molar-refractivity contribution < 1.29 is 14.3 Å². The number of nitrogens with zero attached hydrogens (tertiary/aromatic N) is 1. The second kappa shape index (κ2) is 3.22. The minimum absolute atomic E-state index is 0.211. The van der Waals surface area contributed by atoms with E-state index < -0.39 is 11.9 Å². The van der Waals surface area contributed by atoms with Crippen molar-refractivity contribution in [2.75, 3.05) is 13.3 Å². The van der Waals surface area contributed by atoms with E-state index in [1.807, 2.05) is 0 Å². The van der Waals surface area contributed by atoms with Crippen LogP contribution in [0.25, 0.3) is 6.08 Å². The predicted octanol–water partition coefficient (Wildman–Crippen LogP) is 0.650. The summed E-state index contributed by atoms with van der Waals surface area (Å²) in [6, 6.07) is 2.41. The molecule has 2 aliphatic heterocycles. The summed E-state index contributed by atoms with van der Waals surface area (Å²) >= 11 is 0. The number of rotatable bonds is 1. The number of amides is 1. The van der Waals surface area contributed by atoms with E-state index in [0.717, 1.165) is 5.56 Å². The molecule has 1 aromatic carbocycles. The molecule has 0 spiro atoms. The third kappa shape index (κ3) is 1.13. The van der Waals surface area contributed by atoms with Crippen LogP contribution in [0.1, 0.15) is 17.2 Å². The van der Waals surface area contributed by atoms with Crippen LogP contribution in [-0.4, -0.2) is 24.3 Å². The number of halogens is 1. The summed E-state index contributed by atoms with van der Waals surface area (Å²) in [6.45, 7) is -0.177. The number of carbonyl (C=O) groups excluding carboxylic acids is 1. The van der Waals surface area contributed by atoms with Gasteiger partial charge in [0.2, 0.25) is 0 Å². The van der Waals surface area contributed by atoms with Crippen molar-refractivity contribution in [3.8, 4) is 0 Å². The molecule has 0 bridgehead atoms. The van der Waals surface area contributed by atoms with Gasteiger partial charge in [-0.2, -0.15) is 4.48 Å². The lowest BCUT2D eigenvalue weighted by Gasteiger charge is -2.31. The number of hydrogen-bond donors (Lipinski definition) is 2. The van der Waals surface area contributed by atoms with Gasteiger partial charge in [-0.3, -0.25) is 0 Å². The van der Waals surface area contributed by atoms with Crippen LogP contribution in [-0.2, 0) is 4.79 Å². The molecule has 1 aromatic rings. The van der Waals surface area contributed by atoms with Crippen LogP contribution in [0.4, 0.5) is 10.1 Å². The molecule has 1 amide bonds. The lowest BCUT2D eigenvalue weighted by molar-refractivity contribution is -0.128. The van der Waals surface area contributed by atoms with Gasteiger partial charge in [-0.05, 0) is 18.2 Å². The standard InChI is InChI=1S/C12H12FN2O2/c13-8-3-1-7-2-4-10(17)15(6-16)5-9(14)11(8)12(7)15/h1-4,9,16H,5-6,14H2/q+1/t9-,15?/m0/s1. The van der Waals surface area contributed by atoms with E-state index in [-0.39, 0.29) is 23.7 Å². The first-order valence-corrected chi connectivity index (χ1v) is 5.39. The Morgan fingerprint density at radius 3 is 2.94 bits per heavy atom. The van der Waals surface area contributed by atoms with Crippen molar-refractivity contribution in [2.24, 2.45) is 5.73 Å². The van der Waals surface area contributed by atoms with Crippen molar-refractivity contribution in [3.63, 3.8) is 0 Å². The monoisotopic (exact) mass is 235 g/mol. The zero-order valence-electron chi connectivity index (χ0n) is 9.06. The molecule has 3 rings (SSSR count). The fourth-order valence-electron chi connectivity index (χ4n) is 2.79. The zero-order valence-corrected chi connectivity index (χ0v) is 9.06. The van der Waals surface area contributed by atoms with Crippen LogP contribution >= 0.6 is 0 Å². The number of quaternary nitrogens is 1. The maximum atomic E-state index is 13.8. The van der Waals surface area contributed by atoms with Crippen molar-refractivity contribution in [3.05, 3.63) is 35.2 Å². The van der Waals surface area contributed by atoms with Gasteiger partial charge in [-0.15, -0.1) is 0 Å². The molecule has 0 saturated heterocycles. The van der Waals surface area contributed by atoms with E-state index in [9.17, 15) is 14.3 Å². The average molecular weight is 235 g/mol. The highest BCUT2D eigenvalue weighted by Gasteiger charge is 2.51. The summed E-state index contributed by atoms with van der Waals surface area (Å²) in [7, 11) is 0. The zero-order chi connectivity index (χ0) is 12.2. The summed E-state index contributed by atoms with van der Waals surface area (Å²) in [5.41, 5.74) is 7.52. The van der Waals surface area contributed by atoms with Gasteiger partial charge in [0.15, 0.2) is 12.4 Å². The SMILES string of the molecule is N[C@H]1C[N+]2(CO)C(=O)C=Cc3ccc(F)c1c32. The number of hydrogen-bond acceptors (Lipinski definition) is 3. The van der Waals surface area contributed by atoms with Crippen LogP contribution < -0.4 is 10.2 Å². The number of aliphatic hydroxyl groups excluding tert-OH is 1. The van der Waals surface area contributed by atoms with Crippen LogP contribution in [0, 0.1) is 5.82 Å². The molecule has 3 N–H and O–H groups in total. The van der Waals surface area contributed by atoms with E-state index in [1.165, 1.54) is 12.1 Å². The molecule has 4 nitrogen and oxygen atoms in total. The molecule has 88 valence electrons. The summed E-state index contributed by atoms with van der Waals surface area (Å²) in [4.78, 5) is 12.0. The van der Waals surface area contributed by atoms with E-state index in [1.54, 1.807) is 12.1 Å². The Bertz CT molecular complexity index is 556. The second-order valence-corrected chi connectivity index (χ2v) is 4.47. The predicted molar refractivity (Wildman–Crippen MR) is 61.1 cm³/mol. The van der Waals surface area contributed by atoms with E-state index in [0.29, 0.717) is 11.3 Å². The van der Waals surface area contributed by atoms with Crippen LogP contribution in [0.2, 0.25) is 0 Å². The van der Waals surface area contributed by atoms with Crippen molar-refractivity contribution in [2.45, 2.75) is 6.04 Å². The van der Waals surface area contributed by atoms with Crippen LogP contribution in [0.5, 0.6) is 0 Å². The Morgan fingerprint density at radius 2 is 2.24 bits per heavy atom. The van der Waals surface area contributed by atoms with Gasteiger partial charge in [0.05, 0.1) is 11.6 Å². The molecule has 5 heteroatoms. The summed E-state index contributed by atoms with van der Waals surface area (Å²) in [5.74, 6) is -0.660. The van der Waals surface area contributed by atoms with Gasteiger partial charge >= 0.3 is 5.91 Å². The molecular formula is C12H12FN2O2+. The van der Waals surface area contributed by atoms with Gasteiger partial charge in [0.25, 0.3) is 0 Å². The molecule has 1 unspecified atom stereocenters. The van der Waals surface area contributed by atoms with Gasteiger partial charge in [-0.25, -0.2) is 9.18 Å². The van der Waals surface area contributed by atoms with Gasteiger partial charge < -0.3 is 10.8 Å². The number of benzene rings is 1. The average Bonchev–Trinajstić information content (AvgIpc) is 2.64. The van der Waals surface area contributed by atoms with Crippen molar-refractivity contribution in [1.82, 2.24) is 4.48 Å². The summed E-state index contributed by atoms with van der Waals surface area (Å²) in [5, 5.41) is 9.54. The first-order chi connectivity index (χ1) is 8.10. The largest absolute Gasteiger partial charge is 0.346 e. The number of aliphatic hydroxyl groups is 1. The minimum Gasteiger partial charge on any atom is -0.346 e. The molecule has 2 atom stereocenters. The summed E-state index contributed by atoms with van der Waals surface area (Å²) < 4.78 is 13.5. The van der Waals surface area contributed by atoms with Crippen LogP contribution in [0.15, 0.2) is 18.2 Å². The number of nitrogens with two attached hydrogens (primary N) is 1. The minimum atomic E-state index is -0.555. The van der Waals surface area contributed by atoms with E-state index >= 15 is 0 Å². The number of carbonyl (C=O) groups is 1. The van der Waals surface area contributed by atoms with Crippen molar-refractivity contribution in [1.29, 1.82) is 0 Å². The Labute approximate surface area is 97.4 Å². The first-order valence-electron chi connectivity index (χ1n) is 5.39. The Morgan fingerprint density at radius 1 is 1.47 bits per heavy atom. The van der Waals surface area contributed by atoms with Gasteiger partial charge in [0.1, 0.15) is 12.4 Å². The molecule has 0 fully saturated rings. The molecule has 0 aromatic heterocycles. The molecule has 2 aliphatic rings. The van der Waals surface area contributed by atoms with E-state index in [2.05, 4.69) is 0 Å². The molecule has 17 heavy (non-hydrogen) atoms. The van der Waals surface area contributed by atoms with E-state index in [4.69, 9.17) is 5.73 Å². The quantitative estimate of drug-likeness (QED) is 0.702. The lowest BCUT2D eigenvalue weighted by atomic mass is 10.0. The highest BCUT2D eigenvalue weighted by Crippen LogP contribution is 2.45. The van der Waals surface area contributed by atoms with Gasteiger partial charge in [-0.1, -0.05) is 0 Å². The Kier molecular flexibility index (Phi) is 2.01. The fraction of sp³-hybridized carbons (Fsp3) is 0.250. The van der Waals surface area contributed by atoms with Crippen LogP contribution in [0.3, 0.4) is 0 Å². The lowest BCUT2D eigenvalue weighted by Crippen LogP contribution is -2.54. The topological polar surface area (TPSA) is 63.3 Å². The molecule has 0 saturated carbocycles. The first kappa shape index (κ1) is 10.6. The third-order valence-electron chi connectivity index (χ3n) is 3.57. The second-order valence-electron chi connectivity index (χ2n) is 4.47. The maximum Gasteiger partial charge on any atom is 0.345 e. The highest BCUT2D eigenvalue weighted by atomic mass is 19.1. The Hall–Kier alpha value is -1.56. The summed E-state index contributed by atoms with van der Waals surface area (Å²) in [6.07, 6.45) is 3.06. The van der Waals surface area contributed by atoms with Gasteiger partial charge in [0, 0.05) is 11.6 Å². The maximum absolute atomic E-state index is 13.8. The fourth-order valence-corrected chi connectivity index (χ4v) is 2.79. The normalized spacial score (nSPS) is 29.6. The Balaban J connectivity index is 2.39. The smallest absolute Gasteiger partial charge is 0.345 e. The molecule has 2 heterocycles.